The van der Waals surface area contributed by atoms with Crippen molar-refractivity contribution in [1.82, 2.24) is 10.2 Å². The molecular weight excluding hydrogens is 196 g/mol. The topological polar surface area (TPSA) is 15.3 Å². The van der Waals surface area contributed by atoms with E-state index in [4.69, 9.17) is 0 Å². The highest BCUT2D eigenvalue weighted by Crippen LogP contribution is 2.54. The van der Waals surface area contributed by atoms with Gasteiger partial charge in [0.05, 0.1) is 0 Å². The van der Waals surface area contributed by atoms with Crippen LogP contribution in [0.5, 0.6) is 0 Å². The van der Waals surface area contributed by atoms with Gasteiger partial charge in [-0.2, -0.15) is 0 Å². The molecule has 2 aliphatic rings. The maximum absolute atomic E-state index is 3.48. The highest BCUT2D eigenvalue weighted by molar-refractivity contribution is 5.05. The molecule has 0 unspecified atom stereocenters. The second kappa shape index (κ2) is 5.05. The summed E-state index contributed by atoms with van der Waals surface area (Å²) in [7, 11) is 0. The Morgan fingerprint density at radius 2 is 2.00 bits per heavy atom. The van der Waals surface area contributed by atoms with Gasteiger partial charge in [0.25, 0.3) is 0 Å². The Morgan fingerprint density at radius 3 is 2.56 bits per heavy atom. The Morgan fingerprint density at radius 1 is 1.31 bits per heavy atom. The van der Waals surface area contributed by atoms with E-state index < -0.39 is 0 Å². The van der Waals surface area contributed by atoms with Crippen molar-refractivity contribution in [1.29, 1.82) is 0 Å². The van der Waals surface area contributed by atoms with Gasteiger partial charge in [-0.15, -0.1) is 0 Å². The summed E-state index contributed by atoms with van der Waals surface area (Å²) < 4.78 is 0. The maximum Gasteiger partial charge on any atom is 0.00507 e. The van der Waals surface area contributed by atoms with Crippen LogP contribution < -0.4 is 5.32 Å². The SMILES string of the molecule is CCCN1CC2(CC([C@H](C)CNCC)C2)C1. The van der Waals surface area contributed by atoms with Crippen LogP contribution in [-0.2, 0) is 0 Å². The van der Waals surface area contributed by atoms with Crippen molar-refractivity contribution in [3.63, 3.8) is 0 Å². The summed E-state index contributed by atoms with van der Waals surface area (Å²) >= 11 is 0. The zero-order valence-electron chi connectivity index (χ0n) is 11.3. The normalized spacial score (nSPS) is 26.4. The van der Waals surface area contributed by atoms with Crippen LogP contribution in [0, 0.1) is 17.3 Å². The first kappa shape index (κ1) is 12.4. The average molecular weight is 224 g/mol. The highest BCUT2D eigenvalue weighted by Gasteiger charge is 2.52. The number of hydrogen-bond acceptors (Lipinski definition) is 2. The lowest BCUT2D eigenvalue weighted by atomic mass is 9.55. The Bertz CT molecular complexity index is 213. The molecule has 1 atom stereocenters. The Labute approximate surface area is 101 Å². The number of nitrogens with zero attached hydrogens (tertiary/aromatic N) is 1. The van der Waals surface area contributed by atoms with Gasteiger partial charge in [-0.05, 0) is 56.1 Å². The lowest BCUT2D eigenvalue weighted by Gasteiger charge is -2.60. The van der Waals surface area contributed by atoms with E-state index >= 15 is 0 Å². The molecule has 1 aliphatic heterocycles. The predicted molar refractivity (Wildman–Crippen MR) is 69.6 cm³/mol. The lowest BCUT2D eigenvalue weighted by Crippen LogP contribution is -2.63. The quantitative estimate of drug-likeness (QED) is 0.745. The molecule has 1 spiro atoms. The fraction of sp³-hybridized carbons (Fsp3) is 1.00. The summed E-state index contributed by atoms with van der Waals surface area (Å²) in [5.74, 6) is 1.88. The van der Waals surface area contributed by atoms with Gasteiger partial charge in [0.2, 0.25) is 0 Å². The van der Waals surface area contributed by atoms with Crippen molar-refractivity contribution in [2.45, 2.75) is 40.0 Å². The third kappa shape index (κ3) is 2.43. The molecule has 0 radical (unpaired) electrons. The van der Waals surface area contributed by atoms with Crippen molar-refractivity contribution in [2.24, 2.45) is 17.3 Å². The maximum atomic E-state index is 3.48. The van der Waals surface area contributed by atoms with Crippen LogP contribution in [0.2, 0.25) is 0 Å². The average Bonchev–Trinajstić information content (AvgIpc) is 2.16. The van der Waals surface area contributed by atoms with Crippen LogP contribution in [0.4, 0.5) is 0 Å². The smallest absolute Gasteiger partial charge is 0.00507 e. The van der Waals surface area contributed by atoms with Gasteiger partial charge in [-0.25, -0.2) is 0 Å². The van der Waals surface area contributed by atoms with Crippen molar-refractivity contribution in [2.75, 3.05) is 32.7 Å². The molecule has 2 nitrogen and oxygen atoms in total. The van der Waals surface area contributed by atoms with E-state index in [1.165, 1.54) is 45.4 Å². The Balaban J connectivity index is 1.63. The number of nitrogens with one attached hydrogen (secondary N) is 1. The van der Waals surface area contributed by atoms with Gasteiger partial charge in [0, 0.05) is 13.1 Å². The summed E-state index contributed by atoms with van der Waals surface area (Å²) in [6.45, 7) is 13.3. The van der Waals surface area contributed by atoms with Crippen LogP contribution in [-0.4, -0.2) is 37.6 Å². The van der Waals surface area contributed by atoms with Crippen molar-refractivity contribution in [3.8, 4) is 0 Å². The van der Waals surface area contributed by atoms with E-state index in [0.717, 1.165) is 23.8 Å². The van der Waals surface area contributed by atoms with E-state index in [1.54, 1.807) is 0 Å². The third-order valence-corrected chi connectivity index (χ3v) is 4.57. The molecule has 1 saturated carbocycles. The van der Waals surface area contributed by atoms with E-state index in [2.05, 4.69) is 31.0 Å². The molecule has 0 aromatic heterocycles. The summed E-state index contributed by atoms with van der Waals surface area (Å²) in [4.78, 5) is 2.63. The van der Waals surface area contributed by atoms with Crippen molar-refractivity contribution in [3.05, 3.63) is 0 Å². The van der Waals surface area contributed by atoms with Gasteiger partial charge >= 0.3 is 0 Å². The minimum Gasteiger partial charge on any atom is -0.317 e. The summed E-state index contributed by atoms with van der Waals surface area (Å²) in [5, 5.41) is 3.48. The molecule has 0 aromatic rings. The fourth-order valence-electron chi connectivity index (χ4n) is 3.63. The summed E-state index contributed by atoms with van der Waals surface area (Å²) in [6.07, 6.45) is 4.32. The molecular formula is C14H28N2. The molecule has 1 aliphatic carbocycles. The Hall–Kier alpha value is -0.0800. The highest BCUT2D eigenvalue weighted by atomic mass is 15.2. The second-order valence-electron chi connectivity index (χ2n) is 6.16. The van der Waals surface area contributed by atoms with Crippen LogP contribution in [0.1, 0.15) is 40.0 Å². The largest absolute Gasteiger partial charge is 0.317 e. The predicted octanol–water partition coefficient (Wildman–Crippen LogP) is 2.35. The molecule has 94 valence electrons. The molecule has 16 heavy (non-hydrogen) atoms. The molecule has 0 amide bonds. The molecule has 1 saturated heterocycles. The molecule has 0 aromatic carbocycles. The molecule has 1 N–H and O–H groups in total. The fourth-order valence-corrected chi connectivity index (χ4v) is 3.63. The van der Waals surface area contributed by atoms with Gasteiger partial charge in [0.1, 0.15) is 0 Å². The lowest BCUT2D eigenvalue weighted by molar-refractivity contribution is -0.107. The summed E-state index contributed by atoms with van der Waals surface area (Å²) in [5.41, 5.74) is 0.764. The van der Waals surface area contributed by atoms with E-state index in [0.29, 0.717) is 0 Å². The van der Waals surface area contributed by atoms with E-state index in [-0.39, 0.29) is 0 Å². The zero-order valence-corrected chi connectivity index (χ0v) is 11.3. The zero-order chi connectivity index (χ0) is 11.6. The number of likely N-dealkylation sites (tertiary alicyclic amines) is 1. The van der Waals surface area contributed by atoms with E-state index in [1.807, 2.05) is 0 Å². The Kier molecular flexibility index (Phi) is 3.91. The first-order valence-electron chi connectivity index (χ1n) is 7.12. The molecule has 2 rings (SSSR count). The first-order valence-corrected chi connectivity index (χ1v) is 7.12. The van der Waals surface area contributed by atoms with Crippen molar-refractivity contribution < 1.29 is 0 Å². The van der Waals surface area contributed by atoms with Crippen molar-refractivity contribution >= 4 is 0 Å². The van der Waals surface area contributed by atoms with Gasteiger partial charge in [-0.1, -0.05) is 20.8 Å². The number of hydrogen-bond donors (Lipinski definition) is 1. The van der Waals surface area contributed by atoms with Crippen LogP contribution in [0.25, 0.3) is 0 Å². The van der Waals surface area contributed by atoms with Crippen LogP contribution in [0.15, 0.2) is 0 Å². The molecule has 0 bridgehead atoms. The molecule has 2 heteroatoms. The third-order valence-electron chi connectivity index (χ3n) is 4.57. The number of rotatable bonds is 6. The summed E-state index contributed by atoms with van der Waals surface area (Å²) in [6, 6.07) is 0. The van der Waals surface area contributed by atoms with Gasteiger partial charge < -0.3 is 10.2 Å². The van der Waals surface area contributed by atoms with Crippen LogP contribution in [0.3, 0.4) is 0 Å². The van der Waals surface area contributed by atoms with Crippen LogP contribution >= 0.6 is 0 Å². The molecule has 1 heterocycles. The monoisotopic (exact) mass is 224 g/mol. The first-order chi connectivity index (χ1) is 7.69. The van der Waals surface area contributed by atoms with Gasteiger partial charge in [0.15, 0.2) is 0 Å². The minimum absolute atomic E-state index is 0.764. The standard InChI is InChI=1S/C14H28N2/c1-4-6-16-10-14(11-16)7-13(8-14)12(3)9-15-5-2/h12-13,15H,4-11H2,1-3H3/t12-/m1/s1. The van der Waals surface area contributed by atoms with Gasteiger partial charge in [-0.3, -0.25) is 0 Å². The van der Waals surface area contributed by atoms with E-state index in [9.17, 15) is 0 Å². The minimum atomic E-state index is 0.764. The second-order valence-corrected chi connectivity index (χ2v) is 6.16. The molecule has 2 fully saturated rings.